The number of hydrogen-bond donors (Lipinski definition) is 2. The summed E-state index contributed by atoms with van der Waals surface area (Å²) in [6, 6.07) is 0. The van der Waals surface area contributed by atoms with Crippen molar-refractivity contribution in [2.24, 2.45) is 11.7 Å². The Labute approximate surface area is 116 Å². The Bertz CT molecular complexity index is 267. The van der Waals surface area contributed by atoms with Gasteiger partial charge in [0.05, 0.1) is 18.8 Å². The Morgan fingerprint density at radius 1 is 1.58 bits per heavy atom. The lowest BCUT2D eigenvalue weighted by Gasteiger charge is -2.27. The molecule has 3 N–H and O–H groups in total. The van der Waals surface area contributed by atoms with E-state index >= 15 is 0 Å². The Kier molecular flexibility index (Phi) is 7.34. The smallest absolute Gasteiger partial charge is 0.237 e. The number of nitrogens with two attached hydrogens (primary N) is 1. The highest BCUT2D eigenvalue weighted by atomic mass is 16.5. The number of amides is 1. The summed E-state index contributed by atoms with van der Waals surface area (Å²) in [6.07, 6.45) is 3.63. The molecule has 1 rings (SSSR count). The van der Waals surface area contributed by atoms with Gasteiger partial charge in [-0.25, -0.2) is 0 Å². The molecule has 0 aliphatic carbocycles. The Balaban J connectivity index is 2.15. The lowest BCUT2D eigenvalue weighted by atomic mass is 9.95. The Morgan fingerprint density at radius 2 is 2.37 bits per heavy atom. The summed E-state index contributed by atoms with van der Waals surface area (Å²) in [4.78, 5) is 11.5. The fourth-order valence-corrected chi connectivity index (χ4v) is 2.19. The van der Waals surface area contributed by atoms with E-state index < -0.39 is 5.54 Å². The summed E-state index contributed by atoms with van der Waals surface area (Å²) < 4.78 is 10.9. The highest BCUT2D eigenvalue weighted by molar-refractivity contribution is 5.84. The van der Waals surface area contributed by atoms with Gasteiger partial charge in [-0.3, -0.25) is 4.79 Å². The van der Waals surface area contributed by atoms with Gasteiger partial charge in [0.15, 0.2) is 0 Å². The number of rotatable bonds is 10. The standard InChI is InChI=1S/C14H28N2O3/c1-3-7-16-14(2,13(15)17)6-4-8-18-10-12-5-9-19-11-12/h12,16H,3-11H2,1-2H3,(H2,15,17). The van der Waals surface area contributed by atoms with E-state index in [1.54, 1.807) is 0 Å². The van der Waals surface area contributed by atoms with E-state index in [4.69, 9.17) is 15.2 Å². The summed E-state index contributed by atoms with van der Waals surface area (Å²) in [6.45, 7) is 7.85. The van der Waals surface area contributed by atoms with E-state index in [0.29, 0.717) is 18.9 Å². The molecule has 0 aromatic heterocycles. The van der Waals surface area contributed by atoms with Crippen LogP contribution >= 0.6 is 0 Å². The summed E-state index contributed by atoms with van der Waals surface area (Å²) in [7, 11) is 0. The second kappa shape index (κ2) is 8.51. The molecule has 1 fully saturated rings. The molecule has 112 valence electrons. The normalized spacial score (nSPS) is 22.3. The van der Waals surface area contributed by atoms with Crippen LogP contribution in [0.25, 0.3) is 0 Å². The van der Waals surface area contributed by atoms with Crippen LogP contribution in [0.2, 0.25) is 0 Å². The van der Waals surface area contributed by atoms with Crippen LogP contribution in [0.15, 0.2) is 0 Å². The molecule has 19 heavy (non-hydrogen) atoms. The van der Waals surface area contributed by atoms with Gasteiger partial charge >= 0.3 is 0 Å². The molecular formula is C14H28N2O3. The number of ether oxygens (including phenoxy) is 2. The van der Waals surface area contributed by atoms with Crippen molar-refractivity contribution in [2.75, 3.05) is 33.0 Å². The van der Waals surface area contributed by atoms with Crippen LogP contribution in [0, 0.1) is 5.92 Å². The van der Waals surface area contributed by atoms with E-state index in [2.05, 4.69) is 12.2 Å². The average molecular weight is 272 g/mol. The van der Waals surface area contributed by atoms with Crippen molar-refractivity contribution < 1.29 is 14.3 Å². The van der Waals surface area contributed by atoms with Crippen LogP contribution in [0.4, 0.5) is 0 Å². The third kappa shape index (κ3) is 5.89. The van der Waals surface area contributed by atoms with E-state index in [0.717, 1.165) is 45.6 Å². The summed E-state index contributed by atoms with van der Waals surface area (Å²) >= 11 is 0. The molecule has 5 heteroatoms. The van der Waals surface area contributed by atoms with E-state index in [9.17, 15) is 4.79 Å². The molecule has 1 heterocycles. The SMILES string of the molecule is CCCNC(C)(CCCOCC1CCOC1)C(N)=O. The van der Waals surface area contributed by atoms with Crippen molar-refractivity contribution in [1.82, 2.24) is 5.32 Å². The van der Waals surface area contributed by atoms with Gasteiger partial charge in [-0.05, 0) is 39.2 Å². The highest BCUT2D eigenvalue weighted by Crippen LogP contribution is 2.14. The first-order valence-corrected chi connectivity index (χ1v) is 7.29. The zero-order valence-electron chi connectivity index (χ0n) is 12.2. The van der Waals surface area contributed by atoms with Crippen molar-refractivity contribution in [2.45, 2.75) is 45.1 Å². The second-order valence-electron chi connectivity index (χ2n) is 5.53. The van der Waals surface area contributed by atoms with Gasteiger partial charge in [0.2, 0.25) is 5.91 Å². The Morgan fingerprint density at radius 3 is 2.95 bits per heavy atom. The van der Waals surface area contributed by atoms with Crippen molar-refractivity contribution in [3.63, 3.8) is 0 Å². The summed E-state index contributed by atoms with van der Waals surface area (Å²) in [5.41, 5.74) is 4.85. The van der Waals surface area contributed by atoms with Gasteiger partial charge < -0.3 is 20.5 Å². The largest absolute Gasteiger partial charge is 0.381 e. The monoisotopic (exact) mass is 272 g/mol. The van der Waals surface area contributed by atoms with Crippen LogP contribution in [-0.2, 0) is 14.3 Å². The van der Waals surface area contributed by atoms with E-state index in [-0.39, 0.29) is 5.91 Å². The number of nitrogens with one attached hydrogen (secondary N) is 1. The molecule has 0 bridgehead atoms. The number of hydrogen-bond acceptors (Lipinski definition) is 4. The molecule has 2 unspecified atom stereocenters. The van der Waals surface area contributed by atoms with Gasteiger partial charge in [0.1, 0.15) is 0 Å². The van der Waals surface area contributed by atoms with Crippen molar-refractivity contribution in [3.8, 4) is 0 Å². The van der Waals surface area contributed by atoms with Crippen molar-refractivity contribution in [1.29, 1.82) is 0 Å². The first kappa shape index (κ1) is 16.4. The number of carbonyl (C=O) groups excluding carboxylic acids is 1. The highest BCUT2D eigenvalue weighted by Gasteiger charge is 2.29. The third-order valence-corrected chi connectivity index (χ3v) is 3.65. The Hall–Kier alpha value is -0.650. The van der Waals surface area contributed by atoms with E-state index in [1.165, 1.54) is 0 Å². The zero-order chi connectivity index (χ0) is 14.1. The topological polar surface area (TPSA) is 73.6 Å². The summed E-state index contributed by atoms with van der Waals surface area (Å²) in [5.74, 6) is 0.255. The molecule has 5 nitrogen and oxygen atoms in total. The predicted molar refractivity (Wildman–Crippen MR) is 74.9 cm³/mol. The minimum atomic E-state index is -0.615. The molecule has 1 aliphatic heterocycles. The average Bonchev–Trinajstić information content (AvgIpc) is 2.89. The van der Waals surface area contributed by atoms with Crippen LogP contribution in [0.1, 0.15) is 39.5 Å². The maximum Gasteiger partial charge on any atom is 0.237 e. The molecule has 0 spiro atoms. The molecule has 0 aromatic rings. The molecule has 1 aliphatic rings. The fourth-order valence-electron chi connectivity index (χ4n) is 2.19. The molecule has 0 saturated carbocycles. The van der Waals surface area contributed by atoms with Gasteiger partial charge in [-0.15, -0.1) is 0 Å². The van der Waals surface area contributed by atoms with Crippen LogP contribution < -0.4 is 11.1 Å². The minimum Gasteiger partial charge on any atom is -0.381 e. The zero-order valence-corrected chi connectivity index (χ0v) is 12.2. The quantitative estimate of drug-likeness (QED) is 0.583. The van der Waals surface area contributed by atoms with Crippen LogP contribution in [0.5, 0.6) is 0 Å². The first-order valence-electron chi connectivity index (χ1n) is 7.29. The van der Waals surface area contributed by atoms with Gasteiger partial charge in [-0.2, -0.15) is 0 Å². The molecule has 0 radical (unpaired) electrons. The van der Waals surface area contributed by atoms with E-state index in [1.807, 2.05) is 6.92 Å². The fraction of sp³-hybridized carbons (Fsp3) is 0.929. The van der Waals surface area contributed by atoms with Crippen molar-refractivity contribution >= 4 is 5.91 Å². The summed E-state index contributed by atoms with van der Waals surface area (Å²) in [5, 5.41) is 3.23. The molecule has 2 atom stereocenters. The molecular weight excluding hydrogens is 244 g/mol. The molecule has 0 aromatic carbocycles. The predicted octanol–water partition coefficient (Wildman–Crippen LogP) is 1.06. The van der Waals surface area contributed by atoms with Crippen LogP contribution in [-0.4, -0.2) is 44.4 Å². The molecule has 1 saturated heterocycles. The van der Waals surface area contributed by atoms with Crippen molar-refractivity contribution in [3.05, 3.63) is 0 Å². The molecule has 1 amide bonds. The van der Waals surface area contributed by atoms with Gasteiger partial charge in [-0.1, -0.05) is 6.92 Å². The third-order valence-electron chi connectivity index (χ3n) is 3.65. The van der Waals surface area contributed by atoms with Gasteiger partial charge in [0.25, 0.3) is 0 Å². The van der Waals surface area contributed by atoms with Gasteiger partial charge in [0, 0.05) is 19.1 Å². The number of primary amides is 1. The lowest BCUT2D eigenvalue weighted by molar-refractivity contribution is -0.124. The first-order chi connectivity index (χ1) is 9.08. The lowest BCUT2D eigenvalue weighted by Crippen LogP contribution is -2.53. The van der Waals surface area contributed by atoms with Crippen LogP contribution in [0.3, 0.4) is 0 Å². The maximum absolute atomic E-state index is 11.5. The second-order valence-corrected chi connectivity index (χ2v) is 5.53. The minimum absolute atomic E-state index is 0.287. The maximum atomic E-state index is 11.5. The number of carbonyl (C=O) groups is 1.